The molecular formula is C19H28N6O. The topological polar surface area (TPSA) is 84.7 Å². The van der Waals surface area contributed by atoms with E-state index in [4.69, 9.17) is 0 Å². The molecule has 0 bridgehead atoms. The highest BCUT2D eigenvalue weighted by atomic mass is 16.2. The zero-order valence-electron chi connectivity index (χ0n) is 16.0. The van der Waals surface area contributed by atoms with E-state index in [1.54, 1.807) is 4.68 Å². The summed E-state index contributed by atoms with van der Waals surface area (Å²) < 4.78 is 1.78. The largest absolute Gasteiger partial charge is 0.338 e. The fourth-order valence-electron chi connectivity index (χ4n) is 3.81. The van der Waals surface area contributed by atoms with E-state index >= 15 is 0 Å². The molecule has 2 aromatic rings. The number of amides is 2. The second kappa shape index (κ2) is 7.43. The van der Waals surface area contributed by atoms with Crippen LogP contribution in [0, 0.1) is 19.8 Å². The van der Waals surface area contributed by atoms with Crippen molar-refractivity contribution in [1.29, 1.82) is 0 Å². The highest BCUT2D eigenvalue weighted by molar-refractivity contribution is 5.74. The molecule has 2 amide bonds. The van der Waals surface area contributed by atoms with Crippen molar-refractivity contribution >= 4 is 6.03 Å². The number of hydrogen-bond donors (Lipinski definition) is 2. The number of aromatic nitrogens is 4. The minimum atomic E-state index is -0.549. The minimum absolute atomic E-state index is 0.169. The molecule has 1 fully saturated rings. The van der Waals surface area contributed by atoms with Crippen LogP contribution in [0.5, 0.6) is 0 Å². The first kappa shape index (κ1) is 18.4. The molecule has 7 nitrogen and oxygen atoms in total. The van der Waals surface area contributed by atoms with E-state index in [1.165, 1.54) is 0 Å². The first-order valence-corrected chi connectivity index (χ1v) is 9.37. The summed E-state index contributed by atoms with van der Waals surface area (Å²) in [4.78, 5) is 12.3. The summed E-state index contributed by atoms with van der Waals surface area (Å²) in [6, 6.07) is 6.09. The van der Waals surface area contributed by atoms with Crippen LogP contribution in [0.15, 0.2) is 18.2 Å². The van der Waals surface area contributed by atoms with Crippen LogP contribution in [0.4, 0.5) is 4.79 Å². The van der Waals surface area contributed by atoms with Crippen molar-refractivity contribution in [1.82, 2.24) is 30.8 Å². The number of carbonyl (C=O) groups excluding carboxylic acids is 1. The first-order chi connectivity index (χ1) is 12.4. The van der Waals surface area contributed by atoms with E-state index < -0.39 is 5.54 Å². The Morgan fingerprint density at radius 1 is 1.23 bits per heavy atom. The minimum Gasteiger partial charge on any atom is -0.338 e. The van der Waals surface area contributed by atoms with Crippen molar-refractivity contribution in [3.05, 3.63) is 35.2 Å². The molecule has 0 radical (unpaired) electrons. The Morgan fingerprint density at radius 3 is 2.50 bits per heavy atom. The zero-order chi connectivity index (χ0) is 18.7. The lowest BCUT2D eigenvalue weighted by atomic mass is 9.76. The van der Waals surface area contributed by atoms with Crippen LogP contribution >= 0.6 is 0 Å². The third-order valence-corrected chi connectivity index (χ3v) is 5.17. The van der Waals surface area contributed by atoms with Gasteiger partial charge in [-0.05, 0) is 86.1 Å². The maximum Gasteiger partial charge on any atom is 0.315 e. The third-order valence-electron chi connectivity index (χ3n) is 5.17. The molecule has 1 heterocycles. The quantitative estimate of drug-likeness (QED) is 0.882. The van der Waals surface area contributed by atoms with E-state index in [-0.39, 0.29) is 6.03 Å². The fourth-order valence-corrected chi connectivity index (χ4v) is 3.81. The molecule has 1 saturated carbocycles. The second-order valence-corrected chi connectivity index (χ2v) is 7.51. The zero-order valence-corrected chi connectivity index (χ0v) is 16.0. The average Bonchev–Trinajstić information content (AvgIpc) is 3.07. The molecule has 0 spiro atoms. The highest BCUT2D eigenvalue weighted by Gasteiger charge is 2.42. The smallest absolute Gasteiger partial charge is 0.315 e. The molecular weight excluding hydrogens is 328 g/mol. The number of carbonyl (C=O) groups is 1. The molecule has 1 aliphatic carbocycles. The summed E-state index contributed by atoms with van der Waals surface area (Å²) in [5.74, 6) is 1.35. The van der Waals surface area contributed by atoms with Gasteiger partial charge in [0.15, 0.2) is 5.82 Å². The lowest BCUT2D eigenvalue weighted by Crippen LogP contribution is -2.53. The van der Waals surface area contributed by atoms with Crippen LogP contribution in [-0.4, -0.2) is 32.8 Å². The number of rotatable bonds is 4. The monoisotopic (exact) mass is 356 g/mol. The number of aryl methyl sites for hydroxylation is 2. The summed E-state index contributed by atoms with van der Waals surface area (Å²) in [6.07, 6.45) is 3.73. The van der Waals surface area contributed by atoms with Gasteiger partial charge in [-0.1, -0.05) is 13.0 Å². The van der Waals surface area contributed by atoms with Crippen molar-refractivity contribution in [2.75, 3.05) is 6.54 Å². The number of tetrazole rings is 1. The van der Waals surface area contributed by atoms with Gasteiger partial charge < -0.3 is 10.6 Å². The number of urea groups is 1. The van der Waals surface area contributed by atoms with Gasteiger partial charge in [-0.25, -0.2) is 4.79 Å². The summed E-state index contributed by atoms with van der Waals surface area (Å²) in [5, 5.41) is 18.6. The Labute approximate surface area is 154 Å². The van der Waals surface area contributed by atoms with Crippen molar-refractivity contribution in [2.24, 2.45) is 5.92 Å². The number of nitrogens with zero attached hydrogens (tertiary/aromatic N) is 4. The molecule has 3 rings (SSSR count). The van der Waals surface area contributed by atoms with E-state index in [0.29, 0.717) is 18.3 Å². The molecule has 0 unspecified atom stereocenters. The number of benzene rings is 1. The van der Waals surface area contributed by atoms with Gasteiger partial charge in [0, 0.05) is 6.54 Å². The van der Waals surface area contributed by atoms with E-state index in [0.717, 1.165) is 42.5 Å². The van der Waals surface area contributed by atoms with Crippen LogP contribution in [0.2, 0.25) is 0 Å². The average molecular weight is 356 g/mol. The van der Waals surface area contributed by atoms with E-state index in [2.05, 4.69) is 65.1 Å². The summed E-state index contributed by atoms with van der Waals surface area (Å²) in [7, 11) is 0. The molecule has 0 saturated heterocycles. The van der Waals surface area contributed by atoms with Gasteiger partial charge in [-0.15, -0.1) is 5.10 Å². The number of nitrogens with one attached hydrogen (secondary N) is 2. The maximum absolute atomic E-state index is 12.3. The molecule has 1 aliphatic rings. The molecule has 140 valence electrons. The maximum atomic E-state index is 12.3. The lowest BCUT2D eigenvalue weighted by Gasteiger charge is -2.38. The SMILES string of the molecule is CCNC(=O)NC1(c2nnnn2-c2cc(C)cc(C)c2)CCC(C)CC1. The Hall–Kier alpha value is -2.44. The van der Waals surface area contributed by atoms with Crippen LogP contribution in [0.25, 0.3) is 5.69 Å². The van der Waals surface area contributed by atoms with Crippen LogP contribution in [0.1, 0.15) is 56.5 Å². The predicted octanol–water partition coefficient (Wildman–Crippen LogP) is 3.00. The Bertz CT molecular complexity index is 756. The Kier molecular flexibility index (Phi) is 5.25. The molecule has 1 aromatic carbocycles. The summed E-state index contributed by atoms with van der Waals surface area (Å²) >= 11 is 0. The first-order valence-electron chi connectivity index (χ1n) is 9.37. The van der Waals surface area contributed by atoms with Crippen LogP contribution in [-0.2, 0) is 5.54 Å². The second-order valence-electron chi connectivity index (χ2n) is 7.51. The van der Waals surface area contributed by atoms with Crippen LogP contribution in [0.3, 0.4) is 0 Å². The Morgan fingerprint density at radius 2 is 1.88 bits per heavy atom. The standard InChI is InChI=1S/C19H28N6O/c1-5-20-18(26)21-19(8-6-13(2)7-9-19)17-22-23-24-25(17)16-11-14(3)10-15(4)12-16/h10-13H,5-9H2,1-4H3,(H2,20,21,26). The molecule has 0 atom stereocenters. The van der Waals surface area contributed by atoms with E-state index in [1.807, 2.05) is 6.92 Å². The van der Waals surface area contributed by atoms with Gasteiger partial charge in [0.1, 0.15) is 5.54 Å². The van der Waals surface area contributed by atoms with Crippen molar-refractivity contribution < 1.29 is 4.79 Å². The molecule has 7 heteroatoms. The fraction of sp³-hybridized carbons (Fsp3) is 0.579. The predicted molar refractivity (Wildman–Crippen MR) is 100 cm³/mol. The molecule has 1 aromatic heterocycles. The summed E-state index contributed by atoms with van der Waals surface area (Å²) in [6.45, 7) is 8.87. The molecule has 26 heavy (non-hydrogen) atoms. The lowest BCUT2D eigenvalue weighted by molar-refractivity contribution is 0.176. The van der Waals surface area contributed by atoms with Gasteiger partial charge in [0.05, 0.1) is 5.69 Å². The van der Waals surface area contributed by atoms with E-state index in [9.17, 15) is 4.79 Å². The third kappa shape index (κ3) is 3.71. The van der Waals surface area contributed by atoms with Crippen molar-refractivity contribution in [3.63, 3.8) is 0 Å². The molecule has 0 aliphatic heterocycles. The summed E-state index contributed by atoms with van der Waals surface area (Å²) in [5.41, 5.74) is 2.69. The van der Waals surface area contributed by atoms with Gasteiger partial charge in [-0.3, -0.25) is 0 Å². The van der Waals surface area contributed by atoms with Crippen molar-refractivity contribution in [3.8, 4) is 5.69 Å². The van der Waals surface area contributed by atoms with Gasteiger partial charge in [0.2, 0.25) is 0 Å². The number of hydrogen-bond acceptors (Lipinski definition) is 4. The normalized spacial score (nSPS) is 22.8. The van der Waals surface area contributed by atoms with Gasteiger partial charge in [0.25, 0.3) is 0 Å². The van der Waals surface area contributed by atoms with Crippen molar-refractivity contribution in [2.45, 2.75) is 58.9 Å². The van der Waals surface area contributed by atoms with Gasteiger partial charge in [-0.2, -0.15) is 4.68 Å². The van der Waals surface area contributed by atoms with Crippen LogP contribution < -0.4 is 10.6 Å². The van der Waals surface area contributed by atoms with Gasteiger partial charge >= 0.3 is 6.03 Å². The Balaban J connectivity index is 2.02. The molecule has 2 N–H and O–H groups in total. The highest BCUT2D eigenvalue weighted by Crippen LogP contribution is 2.39.